The van der Waals surface area contributed by atoms with Crippen LogP contribution in [-0.2, 0) is 24.9 Å². The summed E-state index contributed by atoms with van der Waals surface area (Å²) in [6.45, 7) is 1.29. The Kier molecular flexibility index (Phi) is 7.51. The SMILES string of the molecule is COC(=O)C(c1ccccc1F)N1CCC(SS(=O)(=O)c2ccc(CN)cc2)CC1. The maximum Gasteiger partial charge on any atom is 0.327 e. The molecule has 1 aliphatic rings. The molecule has 6 nitrogen and oxygen atoms in total. The maximum atomic E-state index is 14.3. The summed E-state index contributed by atoms with van der Waals surface area (Å²) in [5.74, 6) is -0.994. The molecule has 0 aliphatic carbocycles. The second kappa shape index (κ2) is 9.91. The number of nitrogens with two attached hydrogens (primary N) is 1. The average molecular weight is 453 g/mol. The van der Waals surface area contributed by atoms with E-state index in [2.05, 4.69) is 0 Å². The standard InChI is InChI=1S/C21H25FN2O4S2/c1-28-21(25)20(18-4-2-3-5-19(18)22)24-12-10-16(11-13-24)29-30(26,27)17-8-6-15(14-23)7-9-17/h2-9,16,20H,10-14,23H2,1H3. The van der Waals surface area contributed by atoms with Crippen molar-refractivity contribution >= 4 is 25.6 Å². The van der Waals surface area contributed by atoms with Crippen LogP contribution in [-0.4, -0.2) is 44.7 Å². The molecule has 1 atom stereocenters. The highest BCUT2D eigenvalue weighted by atomic mass is 33.1. The van der Waals surface area contributed by atoms with Crippen molar-refractivity contribution in [3.8, 4) is 0 Å². The normalized spacial score (nSPS) is 16.9. The first-order chi connectivity index (χ1) is 14.4. The zero-order valence-electron chi connectivity index (χ0n) is 16.7. The number of halogens is 1. The Bertz CT molecular complexity index is 975. The smallest absolute Gasteiger partial charge is 0.327 e. The van der Waals surface area contributed by atoms with Gasteiger partial charge in [-0.15, -0.1) is 0 Å². The molecule has 0 saturated carbocycles. The summed E-state index contributed by atoms with van der Waals surface area (Å²) in [6.07, 6.45) is 1.12. The fourth-order valence-corrected chi connectivity index (χ4v) is 7.20. The van der Waals surface area contributed by atoms with E-state index < -0.39 is 26.7 Å². The molecule has 1 fully saturated rings. The molecule has 2 N–H and O–H groups in total. The molecule has 1 heterocycles. The number of hydrogen-bond acceptors (Lipinski definition) is 7. The molecule has 0 spiro atoms. The van der Waals surface area contributed by atoms with Gasteiger partial charge in [0.25, 0.3) is 0 Å². The van der Waals surface area contributed by atoms with E-state index in [0.29, 0.717) is 32.5 Å². The Morgan fingerprint density at radius 3 is 2.40 bits per heavy atom. The lowest BCUT2D eigenvalue weighted by Gasteiger charge is -2.36. The molecule has 0 bridgehead atoms. The first-order valence-corrected chi connectivity index (χ1v) is 12.5. The van der Waals surface area contributed by atoms with Gasteiger partial charge in [0, 0.05) is 30.4 Å². The van der Waals surface area contributed by atoms with E-state index in [4.69, 9.17) is 10.5 Å². The Morgan fingerprint density at radius 2 is 1.83 bits per heavy atom. The molecule has 2 aromatic carbocycles. The second-order valence-electron chi connectivity index (χ2n) is 7.08. The van der Waals surface area contributed by atoms with Gasteiger partial charge >= 0.3 is 5.97 Å². The fourth-order valence-electron chi connectivity index (χ4n) is 3.54. The summed E-state index contributed by atoms with van der Waals surface area (Å²) >= 11 is 0. The first-order valence-electron chi connectivity index (χ1n) is 9.64. The zero-order chi connectivity index (χ0) is 21.7. The first kappa shape index (κ1) is 22.7. The van der Waals surface area contributed by atoms with Crippen LogP contribution in [0.2, 0.25) is 0 Å². The third-order valence-corrected chi connectivity index (χ3v) is 9.18. The van der Waals surface area contributed by atoms with E-state index in [1.165, 1.54) is 13.2 Å². The van der Waals surface area contributed by atoms with Gasteiger partial charge in [-0.1, -0.05) is 30.3 Å². The lowest BCUT2D eigenvalue weighted by atomic mass is 10.0. The van der Waals surface area contributed by atoms with Crippen LogP contribution in [0.4, 0.5) is 4.39 Å². The topological polar surface area (TPSA) is 89.7 Å². The number of carbonyl (C=O) groups is 1. The van der Waals surface area contributed by atoms with Crippen molar-refractivity contribution in [1.29, 1.82) is 0 Å². The highest BCUT2D eigenvalue weighted by Crippen LogP contribution is 2.35. The molecular weight excluding hydrogens is 427 g/mol. The van der Waals surface area contributed by atoms with Crippen molar-refractivity contribution in [3.05, 3.63) is 65.5 Å². The van der Waals surface area contributed by atoms with Crippen molar-refractivity contribution in [1.82, 2.24) is 4.90 Å². The second-order valence-corrected chi connectivity index (χ2v) is 11.2. The quantitative estimate of drug-likeness (QED) is 0.510. The molecule has 0 aromatic heterocycles. The number of rotatable bonds is 7. The van der Waals surface area contributed by atoms with Crippen LogP contribution in [0.5, 0.6) is 0 Å². The van der Waals surface area contributed by atoms with Crippen molar-refractivity contribution in [3.63, 3.8) is 0 Å². The summed E-state index contributed by atoms with van der Waals surface area (Å²) in [4.78, 5) is 14.5. The van der Waals surface area contributed by atoms with Gasteiger partial charge < -0.3 is 10.5 Å². The molecule has 162 valence electrons. The van der Waals surface area contributed by atoms with E-state index in [9.17, 15) is 17.6 Å². The third-order valence-electron chi connectivity index (χ3n) is 5.18. The van der Waals surface area contributed by atoms with Crippen molar-refractivity contribution in [2.75, 3.05) is 20.2 Å². The van der Waals surface area contributed by atoms with Crippen LogP contribution in [0.15, 0.2) is 53.4 Å². The van der Waals surface area contributed by atoms with Gasteiger partial charge in [-0.05, 0) is 47.4 Å². The van der Waals surface area contributed by atoms with Gasteiger partial charge in [-0.2, -0.15) is 0 Å². The summed E-state index contributed by atoms with van der Waals surface area (Å²) in [6, 6.07) is 11.9. The minimum atomic E-state index is -3.50. The van der Waals surface area contributed by atoms with Gasteiger partial charge in [0.15, 0.2) is 0 Å². The Labute approximate surface area is 179 Å². The van der Waals surface area contributed by atoms with Crippen molar-refractivity contribution in [2.24, 2.45) is 5.73 Å². The van der Waals surface area contributed by atoms with E-state index in [0.717, 1.165) is 16.4 Å². The van der Waals surface area contributed by atoms with Crippen LogP contribution in [0.3, 0.4) is 0 Å². The molecule has 1 unspecified atom stereocenters. The molecule has 0 amide bonds. The van der Waals surface area contributed by atoms with Crippen LogP contribution >= 0.6 is 10.8 Å². The maximum absolute atomic E-state index is 14.3. The van der Waals surface area contributed by atoms with E-state index >= 15 is 0 Å². The van der Waals surface area contributed by atoms with Crippen molar-refractivity contribution in [2.45, 2.75) is 35.6 Å². The van der Waals surface area contributed by atoms with Crippen LogP contribution < -0.4 is 5.73 Å². The number of piperidine rings is 1. The number of benzene rings is 2. The molecule has 9 heteroatoms. The molecule has 30 heavy (non-hydrogen) atoms. The van der Waals surface area contributed by atoms with Crippen LogP contribution in [0, 0.1) is 5.82 Å². The Morgan fingerprint density at radius 1 is 1.20 bits per heavy atom. The number of ether oxygens (including phenoxy) is 1. The fraction of sp³-hybridized carbons (Fsp3) is 0.381. The van der Waals surface area contributed by atoms with Gasteiger partial charge in [0.1, 0.15) is 11.9 Å². The lowest BCUT2D eigenvalue weighted by Crippen LogP contribution is -2.41. The van der Waals surface area contributed by atoms with E-state index in [-0.39, 0.29) is 15.7 Å². The molecule has 1 saturated heterocycles. The summed E-state index contributed by atoms with van der Waals surface area (Å²) in [5.41, 5.74) is 6.70. The van der Waals surface area contributed by atoms with Gasteiger partial charge in [-0.3, -0.25) is 4.90 Å². The minimum Gasteiger partial charge on any atom is -0.468 e. The zero-order valence-corrected chi connectivity index (χ0v) is 18.3. The number of hydrogen-bond donors (Lipinski definition) is 1. The summed E-state index contributed by atoms with van der Waals surface area (Å²) in [7, 11) is -1.28. The molecular formula is C21H25FN2O4S2. The van der Waals surface area contributed by atoms with Crippen molar-refractivity contribution < 1.29 is 22.3 Å². The minimum absolute atomic E-state index is 0.112. The number of nitrogens with zero attached hydrogens (tertiary/aromatic N) is 1. The lowest BCUT2D eigenvalue weighted by molar-refractivity contribution is -0.147. The van der Waals surface area contributed by atoms with Gasteiger partial charge in [0.2, 0.25) is 8.87 Å². The van der Waals surface area contributed by atoms with Crippen LogP contribution in [0.1, 0.15) is 30.0 Å². The van der Waals surface area contributed by atoms with Gasteiger partial charge in [-0.25, -0.2) is 17.6 Å². The molecule has 3 rings (SSSR count). The molecule has 1 aliphatic heterocycles. The summed E-state index contributed by atoms with van der Waals surface area (Å²) in [5, 5.41) is -0.112. The van der Waals surface area contributed by atoms with Gasteiger partial charge in [0.05, 0.1) is 12.0 Å². The third kappa shape index (κ3) is 5.21. The largest absolute Gasteiger partial charge is 0.468 e. The number of likely N-dealkylation sites (tertiary alicyclic amines) is 1. The average Bonchev–Trinajstić information content (AvgIpc) is 2.76. The highest BCUT2D eigenvalue weighted by molar-refractivity contribution is 8.72. The Hall–Kier alpha value is -1.94. The highest BCUT2D eigenvalue weighted by Gasteiger charge is 2.35. The molecule has 0 radical (unpaired) electrons. The Balaban J connectivity index is 1.68. The monoisotopic (exact) mass is 452 g/mol. The summed E-state index contributed by atoms with van der Waals surface area (Å²) < 4.78 is 44.7. The van der Waals surface area contributed by atoms with Crippen LogP contribution in [0.25, 0.3) is 0 Å². The predicted molar refractivity (Wildman–Crippen MR) is 115 cm³/mol. The number of esters is 1. The van der Waals surface area contributed by atoms with E-state index in [1.54, 1.807) is 42.5 Å². The van der Waals surface area contributed by atoms with E-state index in [1.807, 2.05) is 4.90 Å². The number of methoxy groups -OCH3 is 1. The number of carbonyl (C=O) groups excluding carboxylic acids is 1. The molecule has 2 aromatic rings. The predicted octanol–water partition coefficient (Wildman–Crippen LogP) is 3.09.